The smallest absolute Gasteiger partial charge is 0.303 e. The lowest BCUT2D eigenvalue weighted by Crippen LogP contribution is -2.66. The van der Waals surface area contributed by atoms with Gasteiger partial charge in [0.2, 0.25) is 0 Å². The molecule has 11 heterocycles. The van der Waals surface area contributed by atoms with Crippen LogP contribution in [0.2, 0.25) is 0 Å². The predicted octanol–water partition coefficient (Wildman–Crippen LogP) is 1.20. The van der Waals surface area contributed by atoms with E-state index in [0.717, 1.165) is 95.6 Å². The average molecular weight is 1920 g/mol. The van der Waals surface area contributed by atoms with Crippen molar-refractivity contribution in [1.29, 1.82) is 0 Å². The van der Waals surface area contributed by atoms with Crippen molar-refractivity contribution < 1.29 is 228 Å². The summed E-state index contributed by atoms with van der Waals surface area (Å²) in [5, 5.41) is 0. The third-order valence-electron chi connectivity index (χ3n) is 22.1. The fraction of sp³-hybridized carbons (Fsp3) is 0.779. The number of benzene rings is 1. The second-order valence-electron chi connectivity index (χ2n) is 35.0. The zero-order chi connectivity index (χ0) is 97.7. The Labute approximate surface area is 769 Å². The molecule has 134 heavy (non-hydrogen) atoms. The summed E-state index contributed by atoms with van der Waals surface area (Å²) in [6.45, 7) is 21.5. The van der Waals surface area contributed by atoms with Gasteiger partial charge in [0.15, 0.2) is 140 Å². The number of ether oxygens (including phenoxy) is 35. The zero-order valence-electron chi connectivity index (χ0n) is 77.8. The molecule has 0 N–H and O–H groups in total. The van der Waals surface area contributed by atoms with Crippen LogP contribution in [0.25, 0.3) is 0 Å². The molecule has 0 amide bonds. The lowest BCUT2D eigenvalue weighted by molar-refractivity contribution is -0.362. The molecule has 0 radical (unpaired) electrons. The molecule has 11 aliphatic heterocycles. The van der Waals surface area contributed by atoms with Crippen molar-refractivity contribution in [2.24, 2.45) is 0 Å². The SMILES string of the molecule is CC(=O)OC[C@@H]1O[C@@H](O[C@H]2[C@H](OC[C@H]3O[C@@H](OC[C@H]4O[C@@H](OC[C@H]5O[C@@H](OC[C@H]6O[C@@H]7OC(C)(C)O[C@@H]7[C@H]7OC(C)(C)O[C@H]76)[C@H](OCc6ccccc6)[C@H]6OC(C)(C)O[C@H]65)[C@H](OC(C)=O)[C@H]5OC(C)(C)O[C@H]54)[C@H](OC(C)=O)[C@@H](OC(C)=O)[C@H]3OC(C)=O)O[C@H](CO[C@@H]3O[C@H](COC(C)=O)[C@H](OC(C)=O)[C@H](OC(C)=O)[C@H]3OC(C)=O)[C@H](OC(C)=O)[C@@H]2OC(C)=O)[C@H](OC(C)=O)[C@H]1OC(C)=O. The monoisotopic (exact) mass is 1920 g/mol. The first-order valence-corrected chi connectivity index (χ1v) is 43.5. The van der Waals surface area contributed by atoms with Gasteiger partial charge in [0, 0.05) is 90.0 Å². The highest BCUT2D eigenvalue weighted by atomic mass is 16.9. The summed E-state index contributed by atoms with van der Waals surface area (Å²) in [5.41, 5.74) is 0.795. The van der Waals surface area contributed by atoms with Gasteiger partial charge >= 0.3 is 77.6 Å². The summed E-state index contributed by atoms with van der Waals surface area (Å²) >= 11 is 0. The summed E-state index contributed by atoms with van der Waals surface area (Å²) in [4.78, 5) is 171. The van der Waals surface area contributed by atoms with Crippen molar-refractivity contribution in [3.63, 3.8) is 0 Å². The minimum atomic E-state index is -2.24. The Bertz CT molecular complexity index is 4310. The highest BCUT2D eigenvalue weighted by molar-refractivity contribution is 5.71. The van der Waals surface area contributed by atoms with Crippen LogP contribution in [0.4, 0.5) is 0 Å². The van der Waals surface area contributed by atoms with E-state index >= 15 is 0 Å². The third-order valence-corrected chi connectivity index (χ3v) is 22.1. The molecule has 0 saturated carbocycles. The molecule has 48 heteroatoms. The molecule has 0 spiro atoms. The number of carbonyl (C=O) groups excluding carboxylic acids is 13. The topological polar surface area (TPSA) is 545 Å². The van der Waals surface area contributed by atoms with E-state index in [9.17, 15) is 62.3 Å². The third kappa shape index (κ3) is 26.7. The van der Waals surface area contributed by atoms with Crippen molar-refractivity contribution >= 4 is 77.6 Å². The van der Waals surface area contributed by atoms with Crippen LogP contribution in [0.1, 0.15) is 151 Å². The molecule has 0 aliphatic carbocycles. The van der Waals surface area contributed by atoms with Gasteiger partial charge in [-0.15, -0.1) is 0 Å². The van der Waals surface area contributed by atoms with Gasteiger partial charge in [0.1, 0.15) is 105 Å². The minimum Gasteiger partial charge on any atom is -0.463 e. The number of hydrogen-bond donors (Lipinski definition) is 0. The van der Waals surface area contributed by atoms with E-state index in [0.29, 0.717) is 0 Å². The molecule has 34 atom stereocenters. The fourth-order valence-electron chi connectivity index (χ4n) is 17.6. The average Bonchev–Trinajstić information content (AvgIpc) is 1.61. The van der Waals surface area contributed by atoms with E-state index in [1.165, 1.54) is 0 Å². The van der Waals surface area contributed by atoms with Crippen LogP contribution in [0.3, 0.4) is 0 Å². The van der Waals surface area contributed by atoms with Crippen LogP contribution in [-0.4, -0.2) is 356 Å². The maximum Gasteiger partial charge on any atom is 0.303 e. The Kier molecular flexibility index (Phi) is 34.3. The van der Waals surface area contributed by atoms with E-state index in [1.807, 2.05) is 30.3 Å². The first-order valence-electron chi connectivity index (χ1n) is 43.5. The van der Waals surface area contributed by atoms with Gasteiger partial charge in [-0.25, -0.2) is 0 Å². The van der Waals surface area contributed by atoms with Crippen LogP contribution < -0.4 is 0 Å². The van der Waals surface area contributed by atoms with Gasteiger partial charge in [0.05, 0.1) is 39.6 Å². The molecule has 0 aromatic heterocycles. The molecule has 0 unspecified atom stereocenters. The number of esters is 13. The van der Waals surface area contributed by atoms with E-state index in [2.05, 4.69) is 0 Å². The maximum absolute atomic E-state index is 13.8. The number of fused-ring (bicyclic) bond motifs is 5. The van der Waals surface area contributed by atoms with Crippen LogP contribution in [-0.2, 0) is 235 Å². The Balaban J connectivity index is 0.882. The molecule has 12 rings (SSSR count). The molecule has 48 nitrogen and oxygen atoms in total. The van der Waals surface area contributed by atoms with Crippen molar-refractivity contribution in [2.45, 2.75) is 384 Å². The first-order chi connectivity index (χ1) is 63.0. The van der Waals surface area contributed by atoms with Crippen molar-refractivity contribution in [3.8, 4) is 0 Å². The Morgan fingerprint density at radius 1 is 0.231 bits per heavy atom. The molecule has 11 fully saturated rings. The highest BCUT2D eigenvalue weighted by Crippen LogP contribution is 2.48. The second-order valence-corrected chi connectivity index (χ2v) is 35.0. The van der Waals surface area contributed by atoms with Crippen molar-refractivity contribution in [3.05, 3.63) is 35.9 Å². The summed E-state index contributed by atoms with van der Waals surface area (Å²) in [6.07, 6.45) is -52.7. The molecule has 11 aliphatic rings. The van der Waals surface area contributed by atoms with Crippen LogP contribution in [0.5, 0.6) is 0 Å². The Morgan fingerprint density at radius 2 is 0.485 bits per heavy atom. The van der Waals surface area contributed by atoms with Crippen LogP contribution in [0.15, 0.2) is 30.3 Å². The highest BCUT2D eigenvalue weighted by Gasteiger charge is 2.66. The number of hydrogen-bond acceptors (Lipinski definition) is 48. The summed E-state index contributed by atoms with van der Waals surface area (Å²) in [7, 11) is 0. The largest absolute Gasteiger partial charge is 0.463 e. The standard InChI is InChI=1S/C86H118O48/c1-35(87)100-28-49-56(108-37(3)89)63(112-41(7)93)71(116-45(11)97)77(119-49)104-30-52-58(110-39(5)91)65(114-43(9)95)73(126-81-70(115-44(10)96)59(111-40(6)92)50(124-81)29-101-36(2)88)79(121-52)105-31-51-57(109-38(4)90)64(113-42(8)94)72(117-46(12)98)78(120-51)106-33-54-61-67(131-84(16,17)128-61)74(118-47(13)99)80(123-54)107-32-53-60-66(130-83(14,15)127-60)69(102-27-48-25-23-22-24-26-48)76(122-53)103-34-55-62-68(132-85(18,19)129-62)75-82(125-55)134-86(20,21)133-75/h22-26,49-82H,27-34H2,1-21H3/t49-,50+,51-,52-,53-,54-,55-,56+,57+,58+,59+,60+,61+,62+,63+,64+,65+,66+,67+,68+,69-,70-,71-,72-,73-,74-,75-,76-,77-,78-,79-,80-,81+,82-/m1/s1. The van der Waals surface area contributed by atoms with E-state index < -0.39 is 349 Å². The second kappa shape index (κ2) is 44.1. The van der Waals surface area contributed by atoms with Gasteiger partial charge in [0.25, 0.3) is 0 Å². The predicted molar refractivity (Wildman–Crippen MR) is 426 cm³/mol. The molecule has 11 saturated heterocycles. The van der Waals surface area contributed by atoms with Crippen molar-refractivity contribution in [1.82, 2.24) is 0 Å². The Morgan fingerprint density at radius 3 is 0.873 bits per heavy atom. The first kappa shape index (κ1) is 104. The van der Waals surface area contributed by atoms with E-state index in [1.54, 1.807) is 55.4 Å². The minimum absolute atomic E-state index is 0.0536. The fourth-order valence-corrected chi connectivity index (χ4v) is 17.6. The Hall–Kier alpha value is -8.55. The molecular weight excluding hydrogens is 1800 g/mol. The zero-order valence-corrected chi connectivity index (χ0v) is 77.8. The lowest BCUT2D eigenvalue weighted by atomic mass is 9.96. The van der Waals surface area contributed by atoms with Gasteiger partial charge in [-0.3, -0.25) is 62.3 Å². The lowest BCUT2D eigenvalue weighted by Gasteiger charge is -2.48. The van der Waals surface area contributed by atoms with E-state index in [-0.39, 0.29) is 13.2 Å². The van der Waals surface area contributed by atoms with Gasteiger partial charge in [-0.1, -0.05) is 30.3 Å². The quantitative estimate of drug-likeness (QED) is 0.0680. The van der Waals surface area contributed by atoms with Gasteiger partial charge in [-0.2, -0.15) is 0 Å². The van der Waals surface area contributed by atoms with Crippen molar-refractivity contribution in [2.75, 3.05) is 46.2 Å². The number of rotatable bonds is 35. The molecule has 0 bridgehead atoms. The van der Waals surface area contributed by atoms with Crippen LogP contribution in [0, 0.1) is 0 Å². The van der Waals surface area contributed by atoms with Gasteiger partial charge in [-0.05, 0) is 61.0 Å². The summed E-state index contributed by atoms with van der Waals surface area (Å²) in [6, 6.07) is 9.31. The normalized spacial score (nSPS) is 37.9. The molecule has 1 aromatic rings. The van der Waals surface area contributed by atoms with Crippen LogP contribution >= 0.6 is 0 Å². The number of carbonyl (C=O) groups is 13. The maximum atomic E-state index is 13.8. The summed E-state index contributed by atoms with van der Waals surface area (Å²) in [5.74, 6) is -18.0. The summed E-state index contributed by atoms with van der Waals surface area (Å²) < 4.78 is 219. The van der Waals surface area contributed by atoms with E-state index in [4.69, 9.17) is 166 Å². The molecule has 1 aromatic carbocycles. The van der Waals surface area contributed by atoms with Gasteiger partial charge < -0.3 is 166 Å². The molecular formula is C86H118O48. The molecule has 750 valence electrons.